The first-order chi connectivity index (χ1) is 7.26. The summed E-state index contributed by atoms with van der Waals surface area (Å²) in [5, 5.41) is 2.63. The van der Waals surface area contributed by atoms with Crippen LogP contribution in [0.25, 0.3) is 0 Å². The summed E-state index contributed by atoms with van der Waals surface area (Å²) in [6.07, 6.45) is 0. The molecule has 1 atom stereocenters. The van der Waals surface area contributed by atoms with Crippen LogP contribution in [0.4, 0.5) is 0 Å². The molecule has 0 spiro atoms. The number of carbonyl (C=O) groups excluding carboxylic acids is 2. The average Bonchev–Trinajstić information content (AvgIpc) is 2.26. The molecule has 0 aromatic carbocycles. The Kier molecular flexibility index (Phi) is 5.44. The van der Waals surface area contributed by atoms with E-state index >= 15 is 0 Å². The number of amides is 2. The Morgan fingerprint density at radius 3 is 2.31 bits per heavy atom. The normalized spacial score (nSPS) is 13.1. The fraction of sp³-hybridized carbons (Fsp3) is 0.818. The number of hydrogen-bond acceptors (Lipinski definition) is 3. The van der Waals surface area contributed by atoms with Crippen LogP contribution in [0, 0.1) is 0 Å². The van der Waals surface area contributed by atoms with E-state index in [1.165, 1.54) is 7.11 Å². The number of hydrogen-bond donors (Lipinski definition) is 1. The lowest BCUT2D eigenvalue weighted by Gasteiger charge is -2.26. The van der Waals surface area contributed by atoms with Gasteiger partial charge in [-0.2, -0.15) is 0 Å². The first-order valence-electron chi connectivity index (χ1n) is 5.37. The smallest absolute Gasteiger partial charge is 0.252 e. The highest BCUT2D eigenvalue weighted by atomic mass is 16.5. The van der Waals surface area contributed by atoms with E-state index in [-0.39, 0.29) is 11.8 Å². The molecule has 0 heterocycles. The second-order valence-electron chi connectivity index (χ2n) is 4.26. The highest BCUT2D eigenvalue weighted by Gasteiger charge is 2.30. The van der Waals surface area contributed by atoms with Crippen molar-refractivity contribution in [2.75, 3.05) is 20.7 Å². The standard InChI is InChI=1S/C11H22N2O3/c1-7-13(5)9(14)8(2)12-10(15)11(3,4)16-6/h8H,7H2,1-6H3,(H,12,15). The van der Waals surface area contributed by atoms with Gasteiger partial charge in [-0.25, -0.2) is 0 Å². The van der Waals surface area contributed by atoms with Gasteiger partial charge < -0.3 is 15.0 Å². The van der Waals surface area contributed by atoms with Gasteiger partial charge in [0.25, 0.3) is 5.91 Å². The lowest BCUT2D eigenvalue weighted by atomic mass is 10.1. The molecule has 0 aromatic heterocycles. The van der Waals surface area contributed by atoms with E-state index in [4.69, 9.17) is 4.74 Å². The molecule has 1 N–H and O–H groups in total. The minimum Gasteiger partial charge on any atom is -0.369 e. The molecule has 5 heteroatoms. The fourth-order valence-corrected chi connectivity index (χ4v) is 1.01. The number of likely N-dealkylation sites (N-methyl/N-ethyl adjacent to an activating group) is 1. The number of nitrogens with one attached hydrogen (secondary N) is 1. The third-order valence-electron chi connectivity index (χ3n) is 2.63. The van der Waals surface area contributed by atoms with E-state index in [1.54, 1.807) is 32.7 Å². The average molecular weight is 230 g/mol. The summed E-state index contributed by atoms with van der Waals surface area (Å²) in [7, 11) is 3.16. The maximum Gasteiger partial charge on any atom is 0.252 e. The molecule has 16 heavy (non-hydrogen) atoms. The quantitative estimate of drug-likeness (QED) is 0.743. The molecule has 0 saturated carbocycles. The Morgan fingerprint density at radius 1 is 1.44 bits per heavy atom. The summed E-state index contributed by atoms with van der Waals surface area (Å²) in [6, 6.07) is -0.535. The van der Waals surface area contributed by atoms with Crippen molar-refractivity contribution in [2.45, 2.75) is 39.3 Å². The number of ether oxygens (including phenoxy) is 1. The van der Waals surface area contributed by atoms with Crippen molar-refractivity contribution in [1.29, 1.82) is 0 Å². The van der Waals surface area contributed by atoms with E-state index in [9.17, 15) is 9.59 Å². The van der Waals surface area contributed by atoms with Crippen molar-refractivity contribution in [1.82, 2.24) is 10.2 Å². The summed E-state index contributed by atoms with van der Waals surface area (Å²) in [4.78, 5) is 25.0. The number of methoxy groups -OCH3 is 1. The Balaban J connectivity index is 4.41. The molecule has 2 amide bonds. The number of carbonyl (C=O) groups is 2. The zero-order chi connectivity index (χ0) is 12.9. The van der Waals surface area contributed by atoms with Crippen molar-refractivity contribution >= 4 is 11.8 Å². The summed E-state index contributed by atoms with van der Waals surface area (Å²) in [6.45, 7) is 7.47. The van der Waals surface area contributed by atoms with Gasteiger partial charge in [-0.05, 0) is 27.7 Å². The Hall–Kier alpha value is -1.10. The van der Waals surface area contributed by atoms with Gasteiger partial charge in [0.1, 0.15) is 11.6 Å². The molecule has 0 rings (SSSR count). The second kappa shape index (κ2) is 5.84. The molecule has 0 aromatic rings. The van der Waals surface area contributed by atoms with E-state index in [0.717, 1.165) is 0 Å². The third-order valence-corrected chi connectivity index (χ3v) is 2.63. The lowest BCUT2D eigenvalue weighted by Crippen LogP contribution is -2.52. The molecule has 5 nitrogen and oxygen atoms in total. The fourth-order valence-electron chi connectivity index (χ4n) is 1.01. The highest BCUT2D eigenvalue weighted by Crippen LogP contribution is 2.07. The van der Waals surface area contributed by atoms with E-state index in [1.807, 2.05) is 6.92 Å². The minimum atomic E-state index is -0.917. The first kappa shape index (κ1) is 14.9. The summed E-state index contributed by atoms with van der Waals surface area (Å²) in [5.74, 6) is -0.400. The first-order valence-corrected chi connectivity index (χ1v) is 5.37. The zero-order valence-corrected chi connectivity index (χ0v) is 11.0. The number of nitrogens with zero attached hydrogens (tertiary/aromatic N) is 1. The molecule has 0 aliphatic carbocycles. The molecule has 0 radical (unpaired) electrons. The van der Waals surface area contributed by atoms with E-state index in [2.05, 4.69) is 5.32 Å². The zero-order valence-electron chi connectivity index (χ0n) is 11.0. The van der Waals surface area contributed by atoms with Crippen LogP contribution in [0.5, 0.6) is 0 Å². The van der Waals surface area contributed by atoms with Crippen LogP contribution >= 0.6 is 0 Å². The van der Waals surface area contributed by atoms with E-state index < -0.39 is 11.6 Å². The highest BCUT2D eigenvalue weighted by molar-refractivity contribution is 5.90. The second-order valence-corrected chi connectivity index (χ2v) is 4.26. The molecule has 0 fully saturated rings. The monoisotopic (exact) mass is 230 g/mol. The van der Waals surface area contributed by atoms with Crippen molar-refractivity contribution in [2.24, 2.45) is 0 Å². The van der Waals surface area contributed by atoms with Crippen LogP contribution in [0.3, 0.4) is 0 Å². The Bertz CT molecular complexity index is 264. The van der Waals surface area contributed by atoms with Gasteiger partial charge in [-0.15, -0.1) is 0 Å². The van der Waals surface area contributed by atoms with Gasteiger partial charge in [0.15, 0.2) is 0 Å². The van der Waals surface area contributed by atoms with Gasteiger partial charge >= 0.3 is 0 Å². The maximum absolute atomic E-state index is 11.7. The lowest BCUT2D eigenvalue weighted by molar-refractivity contribution is -0.143. The summed E-state index contributed by atoms with van der Waals surface area (Å²) in [5.41, 5.74) is -0.917. The summed E-state index contributed by atoms with van der Waals surface area (Å²) >= 11 is 0. The van der Waals surface area contributed by atoms with Crippen LogP contribution in [-0.4, -0.2) is 49.1 Å². The molecule has 0 saturated heterocycles. The van der Waals surface area contributed by atoms with Crippen LogP contribution in [0.15, 0.2) is 0 Å². The Labute approximate surface area is 97.1 Å². The van der Waals surface area contributed by atoms with Crippen molar-refractivity contribution < 1.29 is 14.3 Å². The van der Waals surface area contributed by atoms with Crippen LogP contribution in [0.2, 0.25) is 0 Å². The molecular weight excluding hydrogens is 208 g/mol. The predicted octanol–water partition coefficient (Wildman–Crippen LogP) is 0.394. The van der Waals surface area contributed by atoms with Gasteiger partial charge in [0, 0.05) is 20.7 Å². The summed E-state index contributed by atoms with van der Waals surface area (Å²) < 4.78 is 5.03. The van der Waals surface area contributed by atoms with Gasteiger partial charge in [0.05, 0.1) is 0 Å². The topological polar surface area (TPSA) is 58.6 Å². The molecule has 0 bridgehead atoms. The van der Waals surface area contributed by atoms with Crippen LogP contribution in [-0.2, 0) is 14.3 Å². The van der Waals surface area contributed by atoms with Crippen LogP contribution in [0.1, 0.15) is 27.7 Å². The van der Waals surface area contributed by atoms with Gasteiger partial charge in [0.2, 0.25) is 5.91 Å². The van der Waals surface area contributed by atoms with Crippen molar-refractivity contribution in [3.05, 3.63) is 0 Å². The molecule has 1 unspecified atom stereocenters. The number of rotatable bonds is 5. The SMILES string of the molecule is CCN(C)C(=O)C(C)NC(=O)C(C)(C)OC. The molecule has 0 aliphatic rings. The van der Waals surface area contributed by atoms with Crippen LogP contribution < -0.4 is 5.32 Å². The Morgan fingerprint density at radius 2 is 1.94 bits per heavy atom. The van der Waals surface area contributed by atoms with Gasteiger partial charge in [-0.1, -0.05) is 0 Å². The molecular formula is C11H22N2O3. The third kappa shape index (κ3) is 3.81. The largest absolute Gasteiger partial charge is 0.369 e. The predicted molar refractivity (Wildman–Crippen MR) is 62.0 cm³/mol. The molecule has 94 valence electrons. The van der Waals surface area contributed by atoms with Crippen molar-refractivity contribution in [3.8, 4) is 0 Å². The van der Waals surface area contributed by atoms with E-state index in [0.29, 0.717) is 6.54 Å². The van der Waals surface area contributed by atoms with Gasteiger partial charge in [-0.3, -0.25) is 9.59 Å². The minimum absolute atomic E-state index is 0.109. The van der Waals surface area contributed by atoms with Crippen molar-refractivity contribution in [3.63, 3.8) is 0 Å². The molecule has 0 aliphatic heterocycles. The maximum atomic E-state index is 11.7.